The monoisotopic (exact) mass is 659 g/mol. The molecule has 0 radical (unpaired) electrons. The molecule has 0 atom stereocenters. The topological polar surface area (TPSA) is 206 Å². The van der Waals surface area contributed by atoms with Crippen molar-refractivity contribution < 1.29 is 40.7 Å². The van der Waals surface area contributed by atoms with Crippen LogP contribution in [0.5, 0.6) is 0 Å². The number of nitrogens with zero attached hydrogens (tertiary/aromatic N) is 1. The molecule has 12 nitrogen and oxygen atoms in total. The fraction of sp³-hybridized carbons (Fsp3) is 0.355. The minimum Gasteiger partial charge on any atom is -0.445 e. The summed E-state index contributed by atoms with van der Waals surface area (Å²) in [4.78, 5) is 12.4. The second-order valence-electron chi connectivity index (χ2n) is 11.8. The SMILES string of the molecule is Cc1ccc(S(=O)(=O)O)c(CC2(Cc3cc(C)ccc3S(=O)(=O)O)CCC(NC(=O)OCc3ccccc3)(C(N)=NO)CC2)c1. The normalized spacial score (nSPS) is 16.6. The second kappa shape index (κ2) is 13.2. The first-order valence-corrected chi connectivity index (χ1v) is 17.0. The summed E-state index contributed by atoms with van der Waals surface area (Å²) in [7, 11) is -9.21. The molecule has 3 aromatic carbocycles. The lowest BCUT2D eigenvalue weighted by Crippen LogP contribution is -2.60. The summed E-state index contributed by atoms with van der Waals surface area (Å²) in [6.45, 7) is 3.53. The molecule has 0 heterocycles. The number of amidine groups is 1. The van der Waals surface area contributed by atoms with E-state index >= 15 is 0 Å². The van der Waals surface area contributed by atoms with Crippen LogP contribution < -0.4 is 11.1 Å². The average molecular weight is 660 g/mol. The molecule has 1 fully saturated rings. The van der Waals surface area contributed by atoms with E-state index in [1.807, 2.05) is 6.07 Å². The van der Waals surface area contributed by atoms with Crippen LogP contribution in [0.4, 0.5) is 4.79 Å². The van der Waals surface area contributed by atoms with Gasteiger partial charge in [0.1, 0.15) is 12.1 Å². The third-order valence-corrected chi connectivity index (χ3v) is 10.3. The molecule has 1 saturated carbocycles. The Kier molecular flexibility index (Phi) is 9.92. The van der Waals surface area contributed by atoms with E-state index in [9.17, 15) is 35.9 Å². The number of carbonyl (C=O) groups is 1. The van der Waals surface area contributed by atoms with Gasteiger partial charge in [0.2, 0.25) is 0 Å². The zero-order chi connectivity index (χ0) is 33.0. The number of aryl methyl sites for hydroxylation is 2. The number of alkyl carbamates (subject to hydrolysis) is 1. The van der Waals surface area contributed by atoms with Gasteiger partial charge in [0.05, 0.1) is 9.79 Å². The van der Waals surface area contributed by atoms with Crippen LogP contribution in [0, 0.1) is 19.3 Å². The summed E-state index contributed by atoms with van der Waals surface area (Å²) in [5, 5.41) is 15.6. The largest absolute Gasteiger partial charge is 0.445 e. The lowest BCUT2D eigenvalue weighted by Gasteiger charge is -2.46. The van der Waals surface area contributed by atoms with Crippen molar-refractivity contribution in [2.24, 2.45) is 16.3 Å². The smallest absolute Gasteiger partial charge is 0.408 e. The molecule has 0 aliphatic heterocycles. The molecule has 3 aromatic rings. The highest BCUT2D eigenvalue weighted by molar-refractivity contribution is 7.86. The van der Waals surface area contributed by atoms with E-state index in [4.69, 9.17) is 10.5 Å². The van der Waals surface area contributed by atoms with Gasteiger partial charge in [-0.3, -0.25) is 9.11 Å². The number of amides is 1. The number of nitrogens with two attached hydrogens (primary N) is 1. The number of carbonyl (C=O) groups excluding carboxylic acids is 1. The molecular weight excluding hydrogens is 622 g/mol. The lowest BCUT2D eigenvalue weighted by atomic mass is 9.62. The lowest BCUT2D eigenvalue weighted by molar-refractivity contribution is 0.104. The van der Waals surface area contributed by atoms with Crippen LogP contribution in [0.15, 0.2) is 81.7 Å². The first-order valence-electron chi connectivity index (χ1n) is 14.2. The third-order valence-electron chi connectivity index (χ3n) is 8.44. The maximum atomic E-state index is 12.9. The van der Waals surface area contributed by atoms with Crippen LogP contribution in [0.3, 0.4) is 0 Å². The Balaban J connectivity index is 1.72. The molecule has 0 saturated heterocycles. The van der Waals surface area contributed by atoms with Gasteiger partial charge in [-0.1, -0.05) is 70.9 Å². The van der Waals surface area contributed by atoms with Crippen molar-refractivity contribution in [2.45, 2.75) is 74.3 Å². The van der Waals surface area contributed by atoms with Gasteiger partial charge in [-0.15, -0.1) is 0 Å². The highest BCUT2D eigenvalue weighted by atomic mass is 32.2. The Morgan fingerprint density at radius 2 is 1.33 bits per heavy atom. The molecule has 0 unspecified atom stereocenters. The Hall–Kier alpha value is -3.98. The van der Waals surface area contributed by atoms with Crippen molar-refractivity contribution in [3.63, 3.8) is 0 Å². The predicted octanol–water partition coefficient (Wildman–Crippen LogP) is 4.55. The summed E-state index contributed by atoms with van der Waals surface area (Å²) in [6, 6.07) is 18.1. The van der Waals surface area contributed by atoms with Gasteiger partial charge in [-0.05, 0) is 86.6 Å². The van der Waals surface area contributed by atoms with Gasteiger partial charge >= 0.3 is 6.09 Å². The molecule has 1 amide bonds. The summed E-state index contributed by atoms with van der Waals surface area (Å²) >= 11 is 0. The van der Waals surface area contributed by atoms with Gasteiger partial charge < -0.3 is 21.0 Å². The van der Waals surface area contributed by atoms with Crippen LogP contribution in [0.25, 0.3) is 0 Å². The second-order valence-corrected chi connectivity index (χ2v) is 14.6. The van der Waals surface area contributed by atoms with Crippen LogP contribution in [0.1, 0.15) is 53.5 Å². The molecule has 45 heavy (non-hydrogen) atoms. The van der Waals surface area contributed by atoms with E-state index in [-0.39, 0.29) is 60.8 Å². The quantitative estimate of drug-likeness (QED) is 0.0675. The molecule has 4 rings (SSSR count). The highest BCUT2D eigenvalue weighted by Gasteiger charge is 2.47. The average Bonchev–Trinajstić information content (AvgIpc) is 2.96. The molecule has 6 N–H and O–H groups in total. The fourth-order valence-electron chi connectivity index (χ4n) is 6.12. The van der Waals surface area contributed by atoms with Gasteiger partial charge in [-0.25, -0.2) is 4.79 Å². The van der Waals surface area contributed by atoms with Gasteiger partial charge in [0.15, 0.2) is 5.84 Å². The standard InChI is InChI=1S/C31H37N3O9S2/c1-21-8-10-26(44(37,38)39)24(16-21)18-30(19-25-17-22(2)9-11-27(25)45(40,41)42)12-14-31(15-13-30,28(32)34-36)33-29(35)43-20-23-6-4-3-5-7-23/h3-11,16-17,36H,12-15,18-20H2,1-2H3,(H2,32,34)(H,33,35)(H,37,38,39)(H,40,41,42). The maximum Gasteiger partial charge on any atom is 0.408 e. The van der Waals surface area contributed by atoms with Crippen molar-refractivity contribution in [3.05, 3.63) is 94.5 Å². The number of oxime groups is 1. The predicted molar refractivity (Wildman–Crippen MR) is 166 cm³/mol. The van der Waals surface area contributed by atoms with E-state index in [2.05, 4.69) is 10.5 Å². The summed E-state index contributed by atoms with van der Waals surface area (Å²) in [5.74, 6) is -0.254. The minimum atomic E-state index is -4.61. The van der Waals surface area contributed by atoms with Crippen molar-refractivity contribution in [3.8, 4) is 0 Å². The zero-order valence-corrected chi connectivity index (χ0v) is 26.6. The number of nitrogens with one attached hydrogen (secondary N) is 1. The van der Waals surface area contributed by atoms with Crippen molar-refractivity contribution in [1.29, 1.82) is 0 Å². The third kappa shape index (κ3) is 8.19. The summed E-state index contributed by atoms with van der Waals surface area (Å²) in [5.41, 5.74) is 6.85. The fourth-order valence-corrected chi connectivity index (χ4v) is 7.53. The Labute approximate surface area is 262 Å². The van der Waals surface area contributed by atoms with E-state index in [1.165, 1.54) is 12.1 Å². The number of hydrogen-bond acceptors (Lipinski definition) is 8. The summed E-state index contributed by atoms with van der Waals surface area (Å²) in [6.07, 6.45) is 0.0884. The molecule has 0 aromatic heterocycles. The van der Waals surface area contributed by atoms with E-state index < -0.39 is 37.3 Å². The van der Waals surface area contributed by atoms with Crippen molar-refractivity contribution >= 4 is 32.2 Å². The Bertz CT molecular complexity index is 1720. The molecule has 14 heteroatoms. The molecule has 1 aliphatic rings. The van der Waals surface area contributed by atoms with Gasteiger partial charge in [0, 0.05) is 0 Å². The van der Waals surface area contributed by atoms with Gasteiger partial charge in [0.25, 0.3) is 20.2 Å². The number of hydrogen-bond donors (Lipinski definition) is 5. The first-order chi connectivity index (χ1) is 21.1. The number of ether oxygens (including phenoxy) is 1. The van der Waals surface area contributed by atoms with Crippen LogP contribution in [0.2, 0.25) is 0 Å². The first kappa shape index (κ1) is 33.9. The van der Waals surface area contributed by atoms with Crippen LogP contribution in [-0.2, 0) is 44.4 Å². The number of rotatable bonds is 10. The van der Waals surface area contributed by atoms with Gasteiger partial charge in [-0.2, -0.15) is 16.8 Å². The Morgan fingerprint density at radius 3 is 1.78 bits per heavy atom. The minimum absolute atomic E-state index is 0.0135. The van der Waals surface area contributed by atoms with Crippen LogP contribution in [-0.4, -0.2) is 48.6 Å². The highest BCUT2D eigenvalue weighted by Crippen LogP contribution is 2.47. The Morgan fingerprint density at radius 1 is 0.844 bits per heavy atom. The molecule has 242 valence electrons. The van der Waals surface area contributed by atoms with E-state index in [1.54, 1.807) is 62.4 Å². The van der Waals surface area contributed by atoms with Crippen LogP contribution >= 0.6 is 0 Å². The van der Waals surface area contributed by atoms with E-state index in [0.717, 1.165) is 16.7 Å². The zero-order valence-electron chi connectivity index (χ0n) is 24.9. The van der Waals surface area contributed by atoms with Crippen molar-refractivity contribution in [1.82, 2.24) is 5.32 Å². The maximum absolute atomic E-state index is 12.9. The molecular formula is C31H37N3O9S2. The van der Waals surface area contributed by atoms with Crippen molar-refractivity contribution in [2.75, 3.05) is 0 Å². The van der Waals surface area contributed by atoms with E-state index in [0.29, 0.717) is 11.1 Å². The molecule has 1 aliphatic carbocycles. The molecule has 0 bridgehead atoms. The number of benzene rings is 3. The molecule has 0 spiro atoms. The summed E-state index contributed by atoms with van der Waals surface area (Å²) < 4.78 is 74.8.